The number of carbonyl (C=O) groups is 1. The summed E-state index contributed by atoms with van der Waals surface area (Å²) in [6.45, 7) is 4.01. The van der Waals surface area contributed by atoms with Gasteiger partial charge in [0.2, 0.25) is 0 Å². The number of anilines is 3. The fourth-order valence-corrected chi connectivity index (χ4v) is 4.02. The quantitative estimate of drug-likeness (QED) is 0.506. The van der Waals surface area contributed by atoms with Crippen LogP contribution in [0.15, 0.2) is 59.3 Å². The number of aryl methyl sites for hydroxylation is 1. The molecule has 0 unspecified atom stereocenters. The lowest BCUT2D eigenvalue weighted by Gasteiger charge is -2.17. The van der Waals surface area contributed by atoms with Crippen LogP contribution < -0.4 is 16.0 Å². The molecule has 3 N–H and O–H groups in total. The first kappa shape index (κ1) is 19.1. The molecule has 2 aromatic carbocycles. The lowest BCUT2D eigenvalue weighted by atomic mass is 9.99. The van der Waals surface area contributed by atoms with Gasteiger partial charge >= 0.3 is 0 Å². The van der Waals surface area contributed by atoms with Gasteiger partial charge in [-0.15, -0.1) is 0 Å². The summed E-state index contributed by atoms with van der Waals surface area (Å²) in [7, 11) is 0. The third-order valence-electron chi connectivity index (χ3n) is 5.74. The highest BCUT2D eigenvalue weighted by Gasteiger charge is 2.16. The van der Waals surface area contributed by atoms with E-state index in [1.54, 1.807) is 12.3 Å². The van der Waals surface area contributed by atoms with Gasteiger partial charge in [0.1, 0.15) is 5.82 Å². The molecule has 2 aromatic heterocycles. The van der Waals surface area contributed by atoms with E-state index in [1.807, 2.05) is 49.4 Å². The Balaban J connectivity index is 1.41. The SMILES string of the molecule is Cc1ccc(NC(=O)c2ccnc(N3CCCC3)c2)cc1-c1ccc2c(N)noc2c1. The number of nitrogen functional groups attached to an aromatic ring is 1. The highest BCUT2D eigenvalue weighted by atomic mass is 16.5. The van der Waals surface area contributed by atoms with Gasteiger partial charge in [-0.2, -0.15) is 0 Å². The molecule has 1 aliphatic heterocycles. The van der Waals surface area contributed by atoms with Crippen LogP contribution in [0.1, 0.15) is 28.8 Å². The average Bonchev–Trinajstić information content (AvgIpc) is 3.45. The molecule has 4 aromatic rings. The van der Waals surface area contributed by atoms with E-state index in [0.717, 1.165) is 59.5 Å². The first-order chi connectivity index (χ1) is 15.1. The van der Waals surface area contributed by atoms with Crippen molar-refractivity contribution >= 4 is 34.2 Å². The first-order valence-electron chi connectivity index (χ1n) is 10.4. The Morgan fingerprint density at radius 2 is 1.94 bits per heavy atom. The lowest BCUT2D eigenvalue weighted by molar-refractivity contribution is 0.102. The van der Waals surface area contributed by atoms with Crippen LogP contribution in [0.5, 0.6) is 0 Å². The van der Waals surface area contributed by atoms with Gasteiger partial charge in [-0.3, -0.25) is 4.79 Å². The third-order valence-corrected chi connectivity index (χ3v) is 5.74. The van der Waals surface area contributed by atoms with Crippen LogP contribution in [0.3, 0.4) is 0 Å². The maximum Gasteiger partial charge on any atom is 0.255 e. The molecular formula is C24H23N5O2. The minimum Gasteiger partial charge on any atom is -0.380 e. The highest BCUT2D eigenvalue weighted by Crippen LogP contribution is 2.31. The van der Waals surface area contributed by atoms with Gasteiger partial charge in [-0.1, -0.05) is 17.3 Å². The van der Waals surface area contributed by atoms with E-state index in [9.17, 15) is 4.79 Å². The number of hydrogen-bond acceptors (Lipinski definition) is 6. The Bertz CT molecular complexity index is 1270. The topological polar surface area (TPSA) is 97.3 Å². The maximum atomic E-state index is 12.9. The van der Waals surface area contributed by atoms with Crippen LogP contribution in [0, 0.1) is 6.92 Å². The summed E-state index contributed by atoms with van der Waals surface area (Å²) in [5.41, 5.74) is 10.8. The summed E-state index contributed by atoms with van der Waals surface area (Å²) >= 11 is 0. The summed E-state index contributed by atoms with van der Waals surface area (Å²) in [6.07, 6.45) is 4.02. The molecule has 0 aliphatic carbocycles. The van der Waals surface area contributed by atoms with Crippen molar-refractivity contribution in [3.63, 3.8) is 0 Å². The first-order valence-corrected chi connectivity index (χ1v) is 10.4. The molecule has 0 atom stereocenters. The largest absolute Gasteiger partial charge is 0.380 e. The molecule has 1 fully saturated rings. The molecular weight excluding hydrogens is 390 g/mol. The second-order valence-corrected chi connectivity index (χ2v) is 7.86. The maximum absolute atomic E-state index is 12.9. The number of nitrogens with two attached hydrogens (primary N) is 1. The number of hydrogen-bond donors (Lipinski definition) is 2. The van der Waals surface area contributed by atoms with Crippen LogP contribution in [-0.4, -0.2) is 29.1 Å². The number of pyridine rings is 1. The molecule has 0 radical (unpaired) electrons. The van der Waals surface area contributed by atoms with Crippen molar-refractivity contribution < 1.29 is 9.32 Å². The molecule has 31 heavy (non-hydrogen) atoms. The Morgan fingerprint density at radius 1 is 1.10 bits per heavy atom. The molecule has 1 saturated heterocycles. The molecule has 7 nitrogen and oxygen atoms in total. The molecule has 0 saturated carbocycles. The Hall–Kier alpha value is -3.87. The van der Waals surface area contributed by atoms with Gasteiger partial charge in [0.25, 0.3) is 5.91 Å². The van der Waals surface area contributed by atoms with Crippen molar-refractivity contribution in [1.82, 2.24) is 10.1 Å². The van der Waals surface area contributed by atoms with Gasteiger partial charge in [-0.05, 0) is 72.9 Å². The van der Waals surface area contributed by atoms with Crippen molar-refractivity contribution in [3.05, 3.63) is 65.9 Å². The van der Waals surface area contributed by atoms with Crippen molar-refractivity contribution in [2.75, 3.05) is 29.0 Å². The monoisotopic (exact) mass is 413 g/mol. The molecule has 5 rings (SSSR count). The highest BCUT2D eigenvalue weighted by molar-refractivity contribution is 6.05. The summed E-state index contributed by atoms with van der Waals surface area (Å²) in [5.74, 6) is 1.08. The number of nitrogens with zero attached hydrogens (tertiary/aromatic N) is 3. The van der Waals surface area contributed by atoms with Gasteiger partial charge in [0, 0.05) is 30.5 Å². The predicted octanol–water partition coefficient (Wildman–Crippen LogP) is 4.63. The number of carbonyl (C=O) groups excluding carboxylic acids is 1. The minimum atomic E-state index is -0.156. The summed E-state index contributed by atoms with van der Waals surface area (Å²) < 4.78 is 5.30. The number of rotatable bonds is 4. The zero-order chi connectivity index (χ0) is 21.4. The number of amides is 1. The average molecular weight is 413 g/mol. The molecule has 0 spiro atoms. The van der Waals surface area contributed by atoms with E-state index in [1.165, 1.54) is 0 Å². The second kappa shape index (κ2) is 7.75. The van der Waals surface area contributed by atoms with Gasteiger partial charge < -0.3 is 20.5 Å². The zero-order valence-corrected chi connectivity index (χ0v) is 17.3. The standard InChI is InChI=1S/C24H23N5O2/c1-15-4-6-18(14-20(15)16-5-7-19-21(12-16)31-28-23(19)25)27-24(30)17-8-9-26-22(13-17)29-10-2-3-11-29/h4-9,12-14H,2-3,10-11H2,1H3,(H2,25,28)(H,27,30). The molecule has 0 bridgehead atoms. The molecule has 1 amide bonds. The second-order valence-electron chi connectivity index (χ2n) is 7.86. The van der Waals surface area contributed by atoms with E-state index in [4.69, 9.17) is 10.3 Å². The number of benzene rings is 2. The fourth-order valence-electron chi connectivity index (χ4n) is 4.02. The third kappa shape index (κ3) is 3.70. The smallest absolute Gasteiger partial charge is 0.255 e. The number of nitrogens with one attached hydrogen (secondary N) is 1. The van der Waals surface area contributed by atoms with Crippen molar-refractivity contribution in [2.45, 2.75) is 19.8 Å². The normalized spacial score (nSPS) is 13.6. The van der Waals surface area contributed by atoms with Crippen molar-refractivity contribution in [1.29, 1.82) is 0 Å². The summed E-state index contributed by atoms with van der Waals surface area (Å²) in [4.78, 5) is 19.5. The fraction of sp³-hybridized carbons (Fsp3) is 0.208. The minimum absolute atomic E-state index is 0.156. The van der Waals surface area contributed by atoms with Crippen LogP contribution in [-0.2, 0) is 0 Å². The van der Waals surface area contributed by atoms with E-state index in [2.05, 4.69) is 20.4 Å². The van der Waals surface area contributed by atoms with Crippen molar-refractivity contribution in [2.24, 2.45) is 0 Å². The van der Waals surface area contributed by atoms with E-state index in [0.29, 0.717) is 17.0 Å². The molecule has 3 heterocycles. The summed E-state index contributed by atoms with van der Waals surface area (Å²) in [5, 5.41) is 7.62. The van der Waals surface area contributed by atoms with Crippen LogP contribution in [0.4, 0.5) is 17.3 Å². The van der Waals surface area contributed by atoms with Crippen LogP contribution >= 0.6 is 0 Å². The molecule has 156 valence electrons. The molecule has 7 heteroatoms. The zero-order valence-electron chi connectivity index (χ0n) is 17.3. The number of aromatic nitrogens is 2. The molecule has 1 aliphatic rings. The lowest BCUT2D eigenvalue weighted by Crippen LogP contribution is -2.20. The number of fused-ring (bicyclic) bond motifs is 1. The Labute approximate surface area is 179 Å². The van der Waals surface area contributed by atoms with Gasteiger partial charge in [0.15, 0.2) is 11.4 Å². The van der Waals surface area contributed by atoms with Crippen molar-refractivity contribution in [3.8, 4) is 11.1 Å². The summed E-state index contributed by atoms with van der Waals surface area (Å²) in [6, 6.07) is 15.3. The van der Waals surface area contributed by atoms with Crippen LogP contribution in [0.25, 0.3) is 22.1 Å². The predicted molar refractivity (Wildman–Crippen MR) is 122 cm³/mol. The van der Waals surface area contributed by atoms with E-state index < -0.39 is 0 Å². The van der Waals surface area contributed by atoms with E-state index in [-0.39, 0.29) is 5.91 Å². The van der Waals surface area contributed by atoms with E-state index >= 15 is 0 Å². The van der Waals surface area contributed by atoms with Gasteiger partial charge in [0.05, 0.1) is 5.39 Å². The van der Waals surface area contributed by atoms with Crippen LogP contribution in [0.2, 0.25) is 0 Å². The Morgan fingerprint density at radius 3 is 2.77 bits per heavy atom. The Kier molecular flexibility index (Phi) is 4.78. The van der Waals surface area contributed by atoms with Gasteiger partial charge in [-0.25, -0.2) is 4.98 Å².